The van der Waals surface area contributed by atoms with Crippen molar-refractivity contribution in [1.82, 2.24) is 29.2 Å². The Morgan fingerprint density at radius 2 is 1.93 bits per heavy atom. The zero-order valence-corrected chi connectivity index (χ0v) is 16.2. The third kappa shape index (κ3) is 3.60. The summed E-state index contributed by atoms with van der Waals surface area (Å²) in [6, 6.07) is 6.59. The van der Waals surface area contributed by atoms with E-state index in [-0.39, 0.29) is 17.3 Å². The van der Waals surface area contributed by atoms with Gasteiger partial charge in [-0.1, -0.05) is 12.1 Å². The first-order chi connectivity index (χ1) is 14.4. The SMILES string of the molecule is O=c1c2ccccc2nc(C2CCCN2Cc2nncn2C2CC2)n1CC(F)(F)F. The summed E-state index contributed by atoms with van der Waals surface area (Å²) in [4.78, 5) is 19.5. The number of rotatable bonds is 5. The number of hydrogen-bond donors (Lipinski definition) is 0. The molecule has 3 heterocycles. The largest absolute Gasteiger partial charge is 0.406 e. The molecule has 0 amide bonds. The number of alkyl halides is 3. The number of hydrogen-bond acceptors (Lipinski definition) is 5. The van der Waals surface area contributed by atoms with E-state index in [1.165, 1.54) is 6.07 Å². The van der Waals surface area contributed by atoms with Crippen LogP contribution < -0.4 is 5.56 Å². The van der Waals surface area contributed by atoms with Crippen molar-refractivity contribution in [3.05, 3.63) is 52.6 Å². The van der Waals surface area contributed by atoms with Crippen LogP contribution in [0.4, 0.5) is 13.2 Å². The summed E-state index contributed by atoms with van der Waals surface area (Å²) in [6.07, 6.45) is 0.832. The molecule has 0 radical (unpaired) electrons. The van der Waals surface area contributed by atoms with Gasteiger partial charge in [-0.25, -0.2) is 4.98 Å². The number of para-hydroxylation sites is 1. The maximum absolute atomic E-state index is 13.3. The second-order valence-corrected chi connectivity index (χ2v) is 8.01. The van der Waals surface area contributed by atoms with Crippen molar-refractivity contribution in [3.63, 3.8) is 0 Å². The molecule has 1 aliphatic carbocycles. The molecule has 2 fully saturated rings. The minimum absolute atomic E-state index is 0.172. The minimum atomic E-state index is -4.52. The van der Waals surface area contributed by atoms with E-state index in [2.05, 4.69) is 20.1 Å². The van der Waals surface area contributed by atoms with Gasteiger partial charge in [0.05, 0.1) is 23.5 Å². The van der Waals surface area contributed by atoms with E-state index >= 15 is 0 Å². The van der Waals surface area contributed by atoms with E-state index < -0.39 is 18.3 Å². The number of fused-ring (bicyclic) bond motifs is 1. The maximum Gasteiger partial charge on any atom is 0.406 e. The first kappa shape index (κ1) is 19.2. The fourth-order valence-corrected chi connectivity index (χ4v) is 4.30. The molecule has 0 bridgehead atoms. The summed E-state index contributed by atoms with van der Waals surface area (Å²) in [5, 5.41) is 8.43. The lowest BCUT2D eigenvalue weighted by molar-refractivity contribution is -0.142. The van der Waals surface area contributed by atoms with Crippen LogP contribution in [0.25, 0.3) is 10.9 Å². The van der Waals surface area contributed by atoms with Crippen LogP contribution in [0.3, 0.4) is 0 Å². The van der Waals surface area contributed by atoms with E-state index in [0.29, 0.717) is 31.1 Å². The number of benzene rings is 1. The van der Waals surface area contributed by atoms with Crippen molar-refractivity contribution in [3.8, 4) is 0 Å². The molecule has 2 aliphatic rings. The summed E-state index contributed by atoms with van der Waals surface area (Å²) in [5.74, 6) is 0.973. The lowest BCUT2D eigenvalue weighted by atomic mass is 10.1. The molecule has 1 aromatic carbocycles. The molecule has 158 valence electrons. The molecule has 30 heavy (non-hydrogen) atoms. The Hall–Kier alpha value is -2.75. The van der Waals surface area contributed by atoms with E-state index in [4.69, 9.17) is 0 Å². The first-order valence-electron chi connectivity index (χ1n) is 10.1. The summed E-state index contributed by atoms with van der Waals surface area (Å²) in [6.45, 7) is -0.172. The van der Waals surface area contributed by atoms with Gasteiger partial charge in [0.1, 0.15) is 24.5 Å². The number of halogens is 3. The van der Waals surface area contributed by atoms with E-state index in [1.807, 2.05) is 4.57 Å². The molecule has 1 saturated carbocycles. The Kier molecular flexibility index (Phi) is 4.61. The van der Waals surface area contributed by atoms with Crippen molar-refractivity contribution in [2.75, 3.05) is 6.54 Å². The number of likely N-dealkylation sites (tertiary alicyclic amines) is 1. The van der Waals surface area contributed by atoms with Crippen LogP contribution in [-0.2, 0) is 13.1 Å². The van der Waals surface area contributed by atoms with Crippen molar-refractivity contribution in [1.29, 1.82) is 0 Å². The molecule has 0 spiro atoms. The fourth-order valence-electron chi connectivity index (χ4n) is 4.30. The van der Waals surface area contributed by atoms with E-state index in [9.17, 15) is 18.0 Å². The Morgan fingerprint density at radius 1 is 1.13 bits per heavy atom. The minimum Gasteiger partial charge on any atom is -0.313 e. The van der Waals surface area contributed by atoms with Gasteiger partial charge in [0.2, 0.25) is 0 Å². The average molecular weight is 418 g/mol. The van der Waals surface area contributed by atoms with Gasteiger partial charge in [-0.2, -0.15) is 13.2 Å². The van der Waals surface area contributed by atoms with Gasteiger partial charge >= 0.3 is 6.18 Å². The van der Waals surface area contributed by atoms with Crippen molar-refractivity contribution >= 4 is 10.9 Å². The summed E-state index contributed by atoms with van der Waals surface area (Å²) in [5.41, 5.74) is -0.232. The fraction of sp³-hybridized carbons (Fsp3) is 0.500. The second kappa shape index (κ2) is 7.19. The molecular formula is C20H21F3N6O. The van der Waals surface area contributed by atoms with Gasteiger partial charge in [0.25, 0.3) is 5.56 Å². The third-order valence-electron chi connectivity index (χ3n) is 5.82. The Balaban J connectivity index is 1.55. The third-order valence-corrected chi connectivity index (χ3v) is 5.82. The quantitative estimate of drug-likeness (QED) is 0.637. The molecule has 2 aromatic heterocycles. The highest BCUT2D eigenvalue weighted by atomic mass is 19.4. The van der Waals surface area contributed by atoms with Gasteiger partial charge < -0.3 is 4.57 Å². The van der Waals surface area contributed by atoms with Crippen LogP contribution in [0.1, 0.15) is 49.4 Å². The van der Waals surface area contributed by atoms with Gasteiger partial charge in [0, 0.05) is 6.04 Å². The Bertz CT molecular complexity index is 1130. The highest BCUT2D eigenvalue weighted by Gasteiger charge is 2.36. The molecule has 1 saturated heterocycles. The molecule has 5 rings (SSSR count). The van der Waals surface area contributed by atoms with Crippen molar-refractivity contribution in [2.45, 2.75) is 57.0 Å². The number of nitrogens with zero attached hydrogens (tertiary/aromatic N) is 6. The number of aromatic nitrogens is 5. The predicted octanol–water partition coefficient (Wildman–Crippen LogP) is 3.22. The molecule has 10 heteroatoms. The van der Waals surface area contributed by atoms with Crippen molar-refractivity contribution < 1.29 is 13.2 Å². The predicted molar refractivity (Wildman–Crippen MR) is 103 cm³/mol. The summed E-state index contributed by atoms with van der Waals surface area (Å²) in [7, 11) is 0. The zero-order valence-electron chi connectivity index (χ0n) is 16.2. The Morgan fingerprint density at radius 3 is 2.70 bits per heavy atom. The smallest absolute Gasteiger partial charge is 0.313 e. The molecule has 1 unspecified atom stereocenters. The van der Waals surface area contributed by atoms with Crippen LogP contribution >= 0.6 is 0 Å². The van der Waals surface area contributed by atoms with Gasteiger partial charge in [-0.3, -0.25) is 14.3 Å². The lowest BCUT2D eigenvalue weighted by Crippen LogP contribution is -2.36. The van der Waals surface area contributed by atoms with Crippen LogP contribution in [0.2, 0.25) is 0 Å². The normalized spacial score (nSPS) is 20.3. The van der Waals surface area contributed by atoms with Crippen LogP contribution in [0.5, 0.6) is 0 Å². The van der Waals surface area contributed by atoms with Gasteiger partial charge in [-0.05, 0) is 44.4 Å². The van der Waals surface area contributed by atoms with Gasteiger partial charge in [-0.15, -0.1) is 10.2 Å². The first-order valence-corrected chi connectivity index (χ1v) is 10.1. The van der Waals surface area contributed by atoms with Crippen LogP contribution in [0, 0.1) is 0 Å². The second-order valence-electron chi connectivity index (χ2n) is 8.01. The maximum atomic E-state index is 13.3. The molecule has 0 N–H and O–H groups in total. The highest BCUT2D eigenvalue weighted by molar-refractivity contribution is 5.77. The Labute approximate surface area is 170 Å². The van der Waals surface area contributed by atoms with Crippen LogP contribution in [0.15, 0.2) is 35.4 Å². The van der Waals surface area contributed by atoms with E-state index in [0.717, 1.165) is 29.7 Å². The monoisotopic (exact) mass is 418 g/mol. The standard InChI is InChI=1S/C20H21F3N6O/c21-20(22,23)11-28-18(25-15-5-2-1-4-14(15)19(28)30)16-6-3-9-27(16)10-17-26-24-12-29(17)13-7-8-13/h1-2,4-5,12-13,16H,3,6-11H2. The van der Waals surface area contributed by atoms with E-state index in [1.54, 1.807) is 24.5 Å². The lowest BCUT2D eigenvalue weighted by Gasteiger charge is -2.26. The molecule has 1 aliphatic heterocycles. The molecule has 7 nitrogen and oxygen atoms in total. The summed E-state index contributed by atoms with van der Waals surface area (Å²) >= 11 is 0. The zero-order chi connectivity index (χ0) is 20.9. The van der Waals surface area contributed by atoms with Crippen molar-refractivity contribution in [2.24, 2.45) is 0 Å². The average Bonchev–Trinajstić information content (AvgIpc) is 3.26. The molecular weight excluding hydrogens is 397 g/mol. The molecule has 1 atom stereocenters. The summed E-state index contributed by atoms with van der Waals surface area (Å²) < 4.78 is 42.8. The van der Waals surface area contributed by atoms with Crippen LogP contribution in [-0.4, -0.2) is 41.9 Å². The highest BCUT2D eigenvalue weighted by Crippen LogP contribution is 2.37. The topological polar surface area (TPSA) is 68.8 Å². The van der Waals surface area contributed by atoms with Gasteiger partial charge in [0.15, 0.2) is 0 Å². The molecule has 3 aromatic rings.